The summed E-state index contributed by atoms with van der Waals surface area (Å²) in [5.41, 5.74) is 0.0187. The lowest BCUT2D eigenvalue weighted by Gasteiger charge is -2.12. The van der Waals surface area contributed by atoms with Crippen molar-refractivity contribution in [2.24, 2.45) is 5.41 Å². The Morgan fingerprint density at radius 1 is 1.53 bits per heavy atom. The summed E-state index contributed by atoms with van der Waals surface area (Å²) in [7, 11) is -2.69. The van der Waals surface area contributed by atoms with E-state index in [2.05, 4.69) is 25.4 Å². The zero-order valence-electron chi connectivity index (χ0n) is 8.25. The van der Waals surface area contributed by atoms with Gasteiger partial charge in [-0.3, -0.25) is 0 Å². The van der Waals surface area contributed by atoms with Crippen LogP contribution in [0.2, 0.25) is 0 Å². The molecular formula is C7H13BrN2O4S. The standard InChI is InChI=1S/C7H13BrN2O4S/c1-14-6(11)10-15(12,13)9-5-7(4-8)2-3-7/h9H,2-5H2,1H3,(H,10,11). The summed E-state index contributed by atoms with van der Waals surface area (Å²) in [5, 5.41) is 0.751. The molecule has 0 atom stereocenters. The highest BCUT2D eigenvalue weighted by molar-refractivity contribution is 9.09. The van der Waals surface area contributed by atoms with Crippen molar-refractivity contribution in [3.05, 3.63) is 0 Å². The Morgan fingerprint density at radius 2 is 2.13 bits per heavy atom. The van der Waals surface area contributed by atoms with Crippen LogP contribution in [0.4, 0.5) is 4.79 Å². The van der Waals surface area contributed by atoms with Gasteiger partial charge >= 0.3 is 16.3 Å². The van der Waals surface area contributed by atoms with Crippen molar-refractivity contribution >= 4 is 32.2 Å². The number of nitrogens with one attached hydrogen (secondary N) is 2. The van der Waals surface area contributed by atoms with Crippen molar-refractivity contribution in [3.8, 4) is 0 Å². The Morgan fingerprint density at radius 3 is 2.53 bits per heavy atom. The van der Waals surface area contributed by atoms with Crippen LogP contribution in [0.15, 0.2) is 0 Å². The van der Waals surface area contributed by atoms with E-state index in [1.807, 2.05) is 0 Å². The van der Waals surface area contributed by atoms with Crippen molar-refractivity contribution in [1.29, 1.82) is 0 Å². The summed E-state index contributed by atoms with van der Waals surface area (Å²) < 4.78 is 30.7. The summed E-state index contributed by atoms with van der Waals surface area (Å²) in [6.07, 6.45) is 0.976. The molecule has 0 aliphatic heterocycles. The number of carbonyl (C=O) groups is 1. The largest absolute Gasteiger partial charge is 0.452 e. The number of hydrogen-bond donors (Lipinski definition) is 2. The molecule has 1 amide bonds. The topological polar surface area (TPSA) is 84.5 Å². The number of ether oxygens (including phenoxy) is 1. The summed E-state index contributed by atoms with van der Waals surface area (Å²) in [6.45, 7) is 0.324. The lowest BCUT2D eigenvalue weighted by molar-refractivity contribution is 0.177. The molecule has 0 aromatic rings. The van der Waals surface area contributed by atoms with Crippen LogP contribution in [0.25, 0.3) is 0 Å². The quantitative estimate of drug-likeness (QED) is 0.718. The number of carbonyl (C=O) groups excluding carboxylic acids is 1. The Balaban J connectivity index is 2.40. The average molecular weight is 301 g/mol. The second-order valence-electron chi connectivity index (χ2n) is 3.55. The van der Waals surface area contributed by atoms with Gasteiger partial charge in [-0.1, -0.05) is 15.9 Å². The normalized spacial score (nSPS) is 18.3. The molecule has 6 nitrogen and oxygen atoms in total. The molecule has 0 saturated heterocycles. The van der Waals surface area contributed by atoms with E-state index in [1.165, 1.54) is 0 Å². The second-order valence-corrected chi connectivity index (χ2v) is 5.61. The predicted molar refractivity (Wildman–Crippen MR) is 57.9 cm³/mol. The monoisotopic (exact) mass is 300 g/mol. The minimum Gasteiger partial charge on any atom is -0.452 e. The molecule has 0 aromatic carbocycles. The van der Waals surface area contributed by atoms with Crippen LogP contribution in [0.1, 0.15) is 12.8 Å². The number of hydrogen-bond acceptors (Lipinski definition) is 4. The predicted octanol–water partition coefficient (Wildman–Crippen LogP) is 0.352. The molecule has 88 valence electrons. The van der Waals surface area contributed by atoms with Gasteiger partial charge in [0.15, 0.2) is 0 Å². The van der Waals surface area contributed by atoms with Gasteiger partial charge in [-0.05, 0) is 18.3 Å². The van der Waals surface area contributed by atoms with Crippen LogP contribution in [-0.4, -0.2) is 33.5 Å². The highest BCUT2D eigenvalue weighted by Crippen LogP contribution is 2.46. The molecule has 15 heavy (non-hydrogen) atoms. The van der Waals surface area contributed by atoms with E-state index in [1.54, 1.807) is 4.72 Å². The third-order valence-corrected chi connectivity index (χ3v) is 4.43. The Bertz CT molecular complexity index is 339. The van der Waals surface area contributed by atoms with Crippen molar-refractivity contribution < 1.29 is 17.9 Å². The van der Waals surface area contributed by atoms with Gasteiger partial charge in [-0.25, -0.2) is 9.52 Å². The van der Waals surface area contributed by atoms with Gasteiger partial charge in [0, 0.05) is 11.9 Å². The van der Waals surface area contributed by atoms with Crippen LogP contribution >= 0.6 is 15.9 Å². The van der Waals surface area contributed by atoms with Crippen LogP contribution in [0, 0.1) is 5.41 Å². The molecule has 1 fully saturated rings. The Hall–Kier alpha value is -0.340. The average Bonchev–Trinajstić information content (AvgIpc) is 2.95. The zero-order valence-corrected chi connectivity index (χ0v) is 10.7. The fourth-order valence-electron chi connectivity index (χ4n) is 0.970. The van der Waals surface area contributed by atoms with Gasteiger partial charge in [0.25, 0.3) is 0 Å². The number of methoxy groups -OCH3 is 1. The molecule has 8 heteroatoms. The third-order valence-electron chi connectivity index (χ3n) is 2.28. The summed E-state index contributed by atoms with van der Waals surface area (Å²) in [5.74, 6) is 0. The number of halogens is 1. The van der Waals surface area contributed by atoms with E-state index in [0.29, 0.717) is 6.54 Å². The van der Waals surface area contributed by atoms with E-state index >= 15 is 0 Å². The van der Waals surface area contributed by atoms with E-state index in [0.717, 1.165) is 25.3 Å². The molecule has 0 spiro atoms. The zero-order chi connectivity index (χ0) is 11.5. The van der Waals surface area contributed by atoms with Crippen molar-refractivity contribution in [2.75, 3.05) is 19.0 Å². The van der Waals surface area contributed by atoms with Crippen LogP contribution < -0.4 is 9.44 Å². The first-order chi connectivity index (χ1) is 6.93. The smallest absolute Gasteiger partial charge is 0.421 e. The van der Waals surface area contributed by atoms with Crippen molar-refractivity contribution in [1.82, 2.24) is 9.44 Å². The summed E-state index contributed by atoms with van der Waals surface area (Å²) in [6, 6.07) is 0. The van der Waals surface area contributed by atoms with Crippen LogP contribution in [0.3, 0.4) is 0 Å². The number of amides is 1. The van der Waals surface area contributed by atoms with Crippen molar-refractivity contribution in [2.45, 2.75) is 12.8 Å². The molecule has 0 aromatic heterocycles. The fourth-order valence-corrected chi connectivity index (χ4v) is 2.60. The SMILES string of the molecule is COC(=O)NS(=O)(=O)NCC1(CBr)CC1. The third kappa shape index (κ3) is 3.96. The van der Waals surface area contributed by atoms with Gasteiger partial charge in [-0.15, -0.1) is 0 Å². The molecule has 0 heterocycles. The van der Waals surface area contributed by atoms with Crippen LogP contribution in [-0.2, 0) is 14.9 Å². The molecule has 0 bridgehead atoms. The van der Waals surface area contributed by atoms with E-state index in [4.69, 9.17) is 0 Å². The van der Waals surface area contributed by atoms with Gasteiger partial charge in [0.1, 0.15) is 0 Å². The molecule has 0 radical (unpaired) electrons. The number of alkyl halides is 1. The molecule has 1 aliphatic carbocycles. The highest BCUT2D eigenvalue weighted by Gasteiger charge is 2.42. The minimum absolute atomic E-state index is 0.0187. The summed E-state index contributed by atoms with van der Waals surface area (Å²) >= 11 is 3.32. The van der Waals surface area contributed by atoms with E-state index in [-0.39, 0.29) is 5.41 Å². The minimum atomic E-state index is -3.79. The number of rotatable bonds is 5. The Labute approximate surface area is 97.1 Å². The van der Waals surface area contributed by atoms with Gasteiger partial charge in [-0.2, -0.15) is 13.1 Å². The van der Waals surface area contributed by atoms with Gasteiger partial charge in [0.05, 0.1) is 7.11 Å². The second kappa shape index (κ2) is 4.67. The maximum Gasteiger partial charge on any atom is 0.421 e. The molecular weight excluding hydrogens is 288 g/mol. The maximum absolute atomic E-state index is 11.3. The molecule has 1 rings (SSSR count). The molecule has 0 unspecified atom stereocenters. The highest BCUT2D eigenvalue weighted by atomic mass is 79.9. The molecule has 1 saturated carbocycles. The lowest BCUT2D eigenvalue weighted by atomic mass is 10.1. The molecule has 1 aliphatic rings. The first-order valence-corrected chi connectivity index (χ1v) is 6.95. The van der Waals surface area contributed by atoms with Gasteiger partial charge in [0.2, 0.25) is 0 Å². The lowest BCUT2D eigenvalue weighted by Crippen LogP contribution is -2.42. The van der Waals surface area contributed by atoms with E-state index < -0.39 is 16.3 Å². The summed E-state index contributed by atoms with van der Waals surface area (Å²) in [4.78, 5) is 10.7. The van der Waals surface area contributed by atoms with Crippen molar-refractivity contribution in [3.63, 3.8) is 0 Å². The first kappa shape index (κ1) is 12.7. The van der Waals surface area contributed by atoms with Gasteiger partial charge < -0.3 is 4.74 Å². The molecule has 2 N–H and O–H groups in total. The fraction of sp³-hybridized carbons (Fsp3) is 0.857. The van der Waals surface area contributed by atoms with Crippen LogP contribution in [0.5, 0.6) is 0 Å². The first-order valence-electron chi connectivity index (χ1n) is 4.34. The van der Waals surface area contributed by atoms with E-state index in [9.17, 15) is 13.2 Å². The maximum atomic E-state index is 11.3. The Kier molecular flexibility index (Phi) is 3.96.